The highest BCUT2D eigenvalue weighted by atomic mass is 32.2. The van der Waals surface area contributed by atoms with Gasteiger partial charge < -0.3 is 9.29 Å². The average molecular weight is 310 g/mol. The van der Waals surface area contributed by atoms with Crippen LogP contribution in [-0.2, 0) is 10.1 Å². The standard InChI is InChI=1S/C14H11FO5S/c1-9-5-7-10(8-6-9)21(18,19)20-13-11(14(16)17)3-2-4-12(13)15/h2-8H,1H3,(H,16,17). The number of carbonyl (C=O) groups is 1. The summed E-state index contributed by atoms with van der Waals surface area (Å²) in [4.78, 5) is 10.8. The molecule has 0 unspecified atom stereocenters. The van der Waals surface area contributed by atoms with Gasteiger partial charge in [-0.15, -0.1) is 0 Å². The third kappa shape index (κ3) is 3.19. The van der Waals surface area contributed by atoms with Crippen molar-refractivity contribution in [1.82, 2.24) is 0 Å². The second-order valence-electron chi connectivity index (χ2n) is 4.27. The third-order valence-corrected chi connectivity index (χ3v) is 3.94. The fourth-order valence-corrected chi connectivity index (χ4v) is 2.58. The van der Waals surface area contributed by atoms with E-state index in [2.05, 4.69) is 4.18 Å². The van der Waals surface area contributed by atoms with Crippen LogP contribution in [0.3, 0.4) is 0 Å². The molecule has 0 atom stereocenters. The molecule has 0 spiro atoms. The van der Waals surface area contributed by atoms with Gasteiger partial charge in [-0.3, -0.25) is 0 Å². The van der Waals surface area contributed by atoms with E-state index in [1.54, 1.807) is 19.1 Å². The number of halogens is 1. The van der Waals surface area contributed by atoms with Crippen LogP contribution in [0.15, 0.2) is 47.4 Å². The number of aromatic carboxylic acids is 1. The smallest absolute Gasteiger partial charge is 0.339 e. The predicted octanol–water partition coefficient (Wildman–Crippen LogP) is 2.60. The van der Waals surface area contributed by atoms with Gasteiger partial charge >= 0.3 is 16.1 Å². The van der Waals surface area contributed by atoms with Crippen molar-refractivity contribution in [1.29, 1.82) is 0 Å². The van der Waals surface area contributed by atoms with Crippen molar-refractivity contribution in [3.05, 3.63) is 59.4 Å². The van der Waals surface area contributed by atoms with Gasteiger partial charge in [0.25, 0.3) is 0 Å². The maximum absolute atomic E-state index is 13.7. The first-order valence-corrected chi connectivity index (χ1v) is 7.25. The topological polar surface area (TPSA) is 80.7 Å². The molecule has 0 aliphatic carbocycles. The van der Waals surface area contributed by atoms with Crippen molar-refractivity contribution in [3.8, 4) is 5.75 Å². The zero-order valence-electron chi connectivity index (χ0n) is 10.9. The van der Waals surface area contributed by atoms with Crippen LogP contribution >= 0.6 is 0 Å². The van der Waals surface area contributed by atoms with Crippen LogP contribution in [0.4, 0.5) is 4.39 Å². The zero-order chi connectivity index (χ0) is 15.6. The molecule has 0 amide bonds. The van der Waals surface area contributed by atoms with E-state index in [9.17, 15) is 17.6 Å². The summed E-state index contributed by atoms with van der Waals surface area (Å²) in [5.41, 5.74) is 0.275. The number of hydrogen-bond donors (Lipinski definition) is 1. The summed E-state index contributed by atoms with van der Waals surface area (Å²) in [5.74, 6) is -3.38. The Balaban J connectivity index is 2.46. The summed E-state index contributed by atoms with van der Waals surface area (Å²) in [6, 6.07) is 8.84. The Morgan fingerprint density at radius 3 is 2.33 bits per heavy atom. The maximum atomic E-state index is 13.7. The zero-order valence-corrected chi connectivity index (χ0v) is 11.7. The summed E-state index contributed by atoms with van der Waals surface area (Å²) in [7, 11) is -4.31. The molecular formula is C14H11FO5S. The Morgan fingerprint density at radius 1 is 1.14 bits per heavy atom. The van der Waals surface area contributed by atoms with Gasteiger partial charge in [0.2, 0.25) is 0 Å². The maximum Gasteiger partial charge on any atom is 0.339 e. The highest BCUT2D eigenvalue weighted by Gasteiger charge is 2.23. The molecule has 7 heteroatoms. The summed E-state index contributed by atoms with van der Waals surface area (Å²) in [6.07, 6.45) is 0. The number of rotatable bonds is 4. The quantitative estimate of drug-likeness (QED) is 0.878. The minimum atomic E-state index is -4.31. The lowest BCUT2D eigenvalue weighted by molar-refractivity contribution is 0.0694. The van der Waals surface area contributed by atoms with E-state index < -0.39 is 33.2 Å². The molecule has 2 aromatic carbocycles. The number of carboxylic acids is 1. The van der Waals surface area contributed by atoms with Gasteiger partial charge in [0.1, 0.15) is 10.5 Å². The molecule has 21 heavy (non-hydrogen) atoms. The molecular weight excluding hydrogens is 299 g/mol. The molecule has 0 radical (unpaired) electrons. The van der Waals surface area contributed by atoms with Crippen LogP contribution in [0.1, 0.15) is 15.9 Å². The molecule has 5 nitrogen and oxygen atoms in total. The highest BCUT2D eigenvalue weighted by molar-refractivity contribution is 7.87. The van der Waals surface area contributed by atoms with E-state index in [0.717, 1.165) is 23.8 Å². The molecule has 2 aromatic rings. The molecule has 0 saturated heterocycles. The van der Waals surface area contributed by atoms with E-state index in [1.165, 1.54) is 12.1 Å². The predicted molar refractivity (Wildman–Crippen MR) is 72.4 cm³/mol. The molecule has 2 rings (SSSR count). The van der Waals surface area contributed by atoms with Gasteiger partial charge in [0.15, 0.2) is 11.6 Å². The normalized spacial score (nSPS) is 11.1. The van der Waals surface area contributed by atoms with Crippen molar-refractivity contribution < 1.29 is 26.9 Å². The first-order valence-electron chi connectivity index (χ1n) is 5.84. The lowest BCUT2D eigenvalue weighted by atomic mass is 10.2. The molecule has 1 N–H and O–H groups in total. The number of benzene rings is 2. The van der Waals surface area contributed by atoms with Gasteiger partial charge in [0, 0.05) is 0 Å². The molecule has 0 fully saturated rings. The van der Waals surface area contributed by atoms with Crippen molar-refractivity contribution in [2.75, 3.05) is 0 Å². The van der Waals surface area contributed by atoms with Crippen LogP contribution in [0, 0.1) is 12.7 Å². The van der Waals surface area contributed by atoms with Gasteiger partial charge in [-0.25, -0.2) is 9.18 Å². The molecule has 0 aliphatic heterocycles. The summed E-state index contributed by atoms with van der Waals surface area (Å²) in [5, 5.41) is 8.95. The third-order valence-electron chi connectivity index (χ3n) is 2.70. The molecule has 110 valence electrons. The van der Waals surface area contributed by atoms with Crippen molar-refractivity contribution in [2.24, 2.45) is 0 Å². The van der Waals surface area contributed by atoms with Crippen LogP contribution in [0.2, 0.25) is 0 Å². The Hall–Kier alpha value is -2.41. The largest absolute Gasteiger partial charge is 0.478 e. The van der Waals surface area contributed by atoms with E-state index >= 15 is 0 Å². The Labute approximate surface area is 120 Å². The first-order chi connectivity index (χ1) is 9.81. The number of aryl methyl sites for hydroxylation is 1. The van der Waals surface area contributed by atoms with Gasteiger partial charge in [-0.1, -0.05) is 23.8 Å². The van der Waals surface area contributed by atoms with Gasteiger partial charge in [-0.05, 0) is 31.2 Å². The number of para-hydroxylation sites is 1. The lowest BCUT2D eigenvalue weighted by Crippen LogP contribution is -2.13. The van der Waals surface area contributed by atoms with Crippen LogP contribution in [0.5, 0.6) is 5.75 Å². The van der Waals surface area contributed by atoms with E-state index in [-0.39, 0.29) is 4.90 Å². The van der Waals surface area contributed by atoms with Crippen LogP contribution in [-0.4, -0.2) is 19.5 Å². The Bertz CT molecular complexity index is 782. The van der Waals surface area contributed by atoms with E-state index in [0.29, 0.717) is 0 Å². The number of hydrogen-bond acceptors (Lipinski definition) is 4. The molecule has 0 aromatic heterocycles. The first kappa shape index (κ1) is 15.0. The van der Waals surface area contributed by atoms with Gasteiger partial charge in [-0.2, -0.15) is 8.42 Å². The SMILES string of the molecule is Cc1ccc(S(=O)(=O)Oc2c(F)cccc2C(=O)O)cc1. The lowest BCUT2D eigenvalue weighted by Gasteiger charge is -2.10. The average Bonchev–Trinajstić information content (AvgIpc) is 2.41. The second kappa shape index (κ2) is 5.53. The molecule has 0 saturated carbocycles. The van der Waals surface area contributed by atoms with Crippen LogP contribution in [0.25, 0.3) is 0 Å². The van der Waals surface area contributed by atoms with Crippen molar-refractivity contribution in [3.63, 3.8) is 0 Å². The second-order valence-corrected chi connectivity index (χ2v) is 5.82. The fraction of sp³-hybridized carbons (Fsp3) is 0.0714. The monoisotopic (exact) mass is 310 g/mol. The summed E-state index contributed by atoms with van der Waals surface area (Å²) < 4.78 is 42.5. The minimum absolute atomic E-state index is 0.187. The molecule has 0 bridgehead atoms. The Morgan fingerprint density at radius 2 is 1.76 bits per heavy atom. The fourth-order valence-electron chi connectivity index (χ4n) is 1.62. The van der Waals surface area contributed by atoms with Gasteiger partial charge in [0.05, 0.1) is 0 Å². The summed E-state index contributed by atoms with van der Waals surface area (Å²) >= 11 is 0. The summed E-state index contributed by atoms with van der Waals surface area (Å²) in [6.45, 7) is 1.77. The van der Waals surface area contributed by atoms with E-state index in [1.807, 2.05) is 0 Å². The highest BCUT2D eigenvalue weighted by Crippen LogP contribution is 2.26. The van der Waals surface area contributed by atoms with E-state index in [4.69, 9.17) is 5.11 Å². The molecule has 0 aliphatic rings. The van der Waals surface area contributed by atoms with Crippen LogP contribution < -0.4 is 4.18 Å². The minimum Gasteiger partial charge on any atom is -0.478 e. The Kier molecular flexibility index (Phi) is 3.95. The van der Waals surface area contributed by atoms with Crippen molar-refractivity contribution in [2.45, 2.75) is 11.8 Å². The van der Waals surface area contributed by atoms with Crippen molar-refractivity contribution >= 4 is 16.1 Å². The number of carboxylic acid groups (broad SMARTS) is 1. The molecule has 0 heterocycles.